The Kier molecular flexibility index (Phi) is 3.58. The molecule has 0 aromatic carbocycles. The van der Waals surface area contributed by atoms with Crippen molar-refractivity contribution in [3.05, 3.63) is 18.0 Å². The molecular formula is C13H18N4. The van der Waals surface area contributed by atoms with Gasteiger partial charge in [0.05, 0.1) is 0 Å². The van der Waals surface area contributed by atoms with Crippen molar-refractivity contribution in [1.82, 2.24) is 9.97 Å². The molecular weight excluding hydrogens is 212 g/mol. The number of nitrogens with zero attached hydrogens (tertiary/aromatic N) is 4. The van der Waals surface area contributed by atoms with Gasteiger partial charge in [0.2, 0.25) is 5.95 Å². The predicted octanol–water partition coefficient (Wildman–Crippen LogP) is 2.36. The van der Waals surface area contributed by atoms with Crippen molar-refractivity contribution >= 4 is 5.95 Å². The van der Waals surface area contributed by atoms with Gasteiger partial charge in [-0.3, -0.25) is 0 Å². The molecule has 17 heavy (non-hydrogen) atoms. The van der Waals surface area contributed by atoms with Crippen LogP contribution >= 0.6 is 0 Å². The highest BCUT2D eigenvalue weighted by Crippen LogP contribution is 2.28. The molecule has 1 saturated carbocycles. The average Bonchev–Trinajstić information content (AvgIpc) is 2.38. The maximum atomic E-state index is 8.84. The lowest BCUT2D eigenvalue weighted by Crippen LogP contribution is -2.36. The Morgan fingerprint density at radius 3 is 3.00 bits per heavy atom. The highest BCUT2D eigenvalue weighted by atomic mass is 15.2. The summed E-state index contributed by atoms with van der Waals surface area (Å²) in [6.07, 6.45) is 6.64. The molecule has 1 aliphatic carbocycles. The summed E-state index contributed by atoms with van der Waals surface area (Å²) in [4.78, 5) is 10.6. The van der Waals surface area contributed by atoms with Crippen molar-refractivity contribution in [2.75, 3.05) is 11.9 Å². The maximum absolute atomic E-state index is 8.84. The Morgan fingerprint density at radius 1 is 1.47 bits per heavy atom. The van der Waals surface area contributed by atoms with Gasteiger partial charge in [0.1, 0.15) is 11.8 Å². The first kappa shape index (κ1) is 11.8. The van der Waals surface area contributed by atoms with Crippen LogP contribution in [0, 0.1) is 17.2 Å². The minimum atomic E-state index is 0.436. The van der Waals surface area contributed by atoms with E-state index < -0.39 is 0 Å². The van der Waals surface area contributed by atoms with E-state index in [0.29, 0.717) is 17.7 Å². The summed E-state index contributed by atoms with van der Waals surface area (Å²) in [7, 11) is 2.03. The molecule has 2 atom stereocenters. The third-order valence-corrected chi connectivity index (χ3v) is 3.53. The normalized spacial score (nSPS) is 24.1. The van der Waals surface area contributed by atoms with Crippen LogP contribution in [0.15, 0.2) is 12.3 Å². The molecule has 0 saturated heterocycles. The van der Waals surface area contributed by atoms with Crippen molar-refractivity contribution in [1.29, 1.82) is 5.26 Å². The van der Waals surface area contributed by atoms with Gasteiger partial charge in [-0.25, -0.2) is 9.97 Å². The summed E-state index contributed by atoms with van der Waals surface area (Å²) < 4.78 is 0. The van der Waals surface area contributed by atoms with Crippen LogP contribution in [-0.4, -0.2) is 23.1 Å². The monoisotopic (exact) mass is 230 g/mol. The molecule has 1 aromatic heterocycles. The summed E-state index contributed by atoms with van der Waals surface area (Å²) in [5.74, 6) is 1.44. The molecule has 0 radical (unpaired) electrons. The summed E-state index contributed by atoms with van der Waals surface area (Å²) in [5, 5.41) is 8.84. The highest BCUT2D eigenvalue weighted by molar-refractivity contribution is 5.34. The van der Waals surface area contributed by atoms with E-state index in [9.17, 15) is 0 Å². The molecule has 0 aliphatic heterocycles. The molecule has 0 spiro atoms. The lowest BCUT2D eigenvalue weighted by Gasteiger charge is -2.34. The van der Waals surface area contributed by atoms with Crippen LogP contribution in [0.5, 0.6) is 0 Å². The smallest absolute Gasteiger partial charge is 0.226 e. The minimum Gasteiger partial charge on any atom is -0.341 e. The molecule has 0 N–H and O–H groups in total. The third kappa shape index (κ3) is 2.73. The second-order valence-corrected chi connectivity index (χ2v) is 4.89. The van der Waals surface area contributed by atoms with Gasteiger partial charge in [0.25, 0.3) is 0 Å². The fraction of sp³-hybridized carbons (Fsp3) is 0.615. The lowest BCUT2D eigenvalue weighted by molar-refractivity contribution is 0.334. The molecule has 2 unspecified atom stereocenters. The van der Waals surface area contributed by atoms with Crippen LogP contribution < -0.4 is 4.90 Å². The van der Waals surface area contributed by atoms with Crippen molar-refractivity contribution in [2.45, 2.75) is 38.6 Å². The van der Waals surface area contributed by atoms with Crippen LogP contribution in [-0.2, 0) is 0 Å². The van der Waals surface area contributed by atoms with Gasteiger partial charge in [-0.05, 0) is 24.8 Å². The largest absolute Gasteiger partial charge is 0.341 e. The van der Waals surface area contributed by atoms with E-state index in [1.807, 2.05) is 7.05 Å². The standard InChI is InChI=1S/C13H18N4/c1-10-4-3-5-12(8-10)17(2)13-15-7-6-11(9-14)16-13/h6-7,10,12H,3-5,8H2,1-2H3. The average molecular weight is 230 g/mol. The van der Waals surface area contributed by atoms with Crippen molar-refractivity contribution in [3.63, 3.8) is 0 Å². The van der Waals surface area contributed by atoms with Gasteiger partial charge in [0, 0.05) is 19.3 Å². The van der Waals surface area contributed by atoms with Crippen molar-refractivity contribution in [2.24, 2.45) is 5.92 Å². The van der Waals surface area contributed by atoms with Crippen molar-refractivity contribution < 1.29 is 0 Å². The van der Waals surface area contributed by atoms with E-state index in [1.165, 1.54) is 25.7 Å². The quantitative estimate of drug-likeness (QED) is 0.782. The SMILES string of the molecule is CC1CCCC(N(C)c2nccc(C#N)n2)C1. The van der Waals surface area contributed by atoms with Gasteiger partial charge in [-0.15, -0.1) is 0 Å². The Morgan fingerprint density at radius 2 is 2.29 bits per heavy atom. The summed E-state index contributed by atoms with van der Waals surface area (Å²) >= 11 is 0. The highest BCUT2D eigenvalue weighted by Gasteiger charge is 2.23. The van der Waals surface area contributed by atoms with Gasteiger partial charge >= 0.3 is 0 Å². The van der Waals surface area contributed by atoms with E-state index in [1.54, 1.807) is 12.3 Å². The van der Waals surface area contributed by atoms with Gasteiger partial charge in [-0.2, -0.15) is 5.26 Å². The van der Waals surface area contributed by atoms with Crippen molar-refractivity contribution in [3.8, 4) is 6.07 Å². The van der Waals surface area contributed by atoms with E-state index in [0.717, 1.165) is 5.92 Å². The predicted molar refractivity (Wildman–Crippen MR) is 66.6 cm³/mol. The number of anilines is 1. The first-order valence-corrected chi connectivity index (χ1v) is 6.16. The molecule has 0 bridgehead atoms. The zero-order valence-corrected chi connectivity index (χ0v) is 10.4. The number of hydrogen-bond acceptors (Lipinski definition) is 4. The maximum Gasteiger partial charge on any atom is 0.226 e. The first-order chi connectivity index (χ1) is 8.20. The summed E-state index contributed by atoms with van der Waals surface area (Å²) in [5.41, 5.74) is 0.436. The topological polar surface area (TPSA) is 52.8 Å². The molecule has 4 nitrogen and oxygen atoms in total. The molecule has 2 rings (SSSR count). The lowest BCUT2D eigenvalue weighted by atomic mass is 9.86. The molecule has 1 aromatic rings. The zero-order chi connectivity index (χ0) is 12.3. The molecule has 0 amide bonds. The third-order valence-electron chi connectivity index (χ3n) is 3.53. The van der Waals surface area contributed by atoms with E-state index in [4.69, 9.17) is 5.26 Å². The fourth-order valence-electron chi connectivity index (χ4n) is 2.50. The Labute approximate surface area is 102 Å². The first-order valence-electron chi connectivity index (χ1n) is 6.16. The van der Waals surface area contributed by atoms with Crippen LogP contribution in [0.3, 0.4) is 0 Å². The minimum absolute atomic E-state index is 0.436. The Bertz CT molecular complexity index is 424. The summed E-state index contributed by atoms with van der Waals surface area (Å²) in [6, 6.07) is 4.20. The Balaban J connectivity index is 2.13. The van der Waals surface area contributed by atoms with Crippen LogP contribution in [0.1, 0.15) is 38.3 Å². The van der Waals surface area contributed by atoms with E-state index in [-0.39, 0.29) is 0 Å². The second kappa shape index (κ2) is 5.13. The van der Waals surface area contributed by atoms with Gasteiger partial charge in [-0.1, -0.05) is 19.8 Å². The van der Waals surface area contributed by atoms with Gasteiger partial charge < -0.3 is 4.90 Å². The molecule has 1 fully saturated rings. The number of nitriles is 1. The number of hydrogen-bond donors (Lipinski definition) is 0. The fourth-order valence-corrected chi connectivity index (χ4v) is 2.50. The van der Waals surface area contributed by atoms with E-state index in [2.05, 4.69) is 27.9 Å². The van der Waals surface area contributed by atoms with Crippen LogP contribution in [0.4, 0.5) is 5.95 Å². The van der Waals surface area contributed by atoms with Gasteiger partial charge in [0.15, 0.2) is 0 Å². The molecule has 4 heteroatoms. The Hall–Kier alpha value is -1.63. The van der Waals surface area contributed by atoms with E-state index >= 15 is 0 Å². The molecule has 1 heterocycles. The molecule has 1 aliphatic rings. The summed E-state index contributed by atoms with van der Waals surface area (Å²) in [6.45, 7) is 2.30. The van der Waals surface area contributed by atoms with Crippen LogP contribution in [0.2, 0.25) is 0 Å². The number of aromatic nitrogens is 2. The number of rotatable bonds is 2. The second-order valence-electron chi connectivity index (χ2n) is 4.89. The van der Waals surface area contributed by atoms with Crippen LogP contribution in [0.25, 0.3) is 0 Å². The molecule has 90 valence electrons. The zero-order valence-electron chi connectivity index (χ0n) is 10.4.